The van der Waals surface area contributed by atoms with E-state index in [1.807, 2.05) is 53.2 Å². The number of thiophene rings is 1. The van der Waals surface area contributed by atoms with Crippen molar-refractivity contribution < 1.29 is 5.11 Å². The normalized spacial score (nSPS) is 11.0. The highest BCUT2D eigenvalue weighted by molar-refractivity contribution is 7.08. The van der Waals surface area contributed by atoms with Gasteiger partial charge in [0.15, 0.2) is 0 Å². The van der Waals surface area contributed by atoms with Gasteiger partial charge in [-0.3, -0.25) is 4.79 Å². The van der Waals surface area contributed by atoms with Crippen LogP contribution >= 0.6 is 11.3 Å². The second-order valence-corrected chi connectivity index (χ2v) is 6.46. The summed E-state index contributed by atoms with van der Waals surface area (Å²) in [6.07, 6.45) is 0. The predicted octanol–water partition coefficient (Wildman–Crippen LogP) is 4.48. The van der Waals surface area contributed by atoms with Crippen LogP contribution < -0.4 is 5.56 Å². The number of aromatic nitrogens is 1. The molecule has 0 aliphatic carbocycles. The molecule has 0 unspecified atom stereocenters. The zero-order chi connectivity index (χ0) is 16.5. The van der Waals surface area contributed by atoms with Gasteiger partial charge in [-0.2, -0.15) is 11.3 Å². The molecule has 0 spiro atoms. The van der Waals surface area contributed by atoms with Crippen LogP contribution in [0, 0.1) is 0 Å². The van der Waals surface area contributed by atoms with Crippen molar-refractivity contribution in [2.75, 3.05) is 0 Å². The van der Waals surface area contributed by atoms with Crippen LogP contribution in [0.25, 0.3) is 22.0 Å². The van der Waals surface area contributed by atoms with Crippen LogP contribution in [0.5, 0.6) is 5.75 Å². The van der Waals surface area contributed by atoms with Crippen LogP contribution in [0.15, 0.2) is 76.2 Å². The second kappa shape index (κ2) is 5.98. The number of nitrogens with zero attached hydrogens (tertiary/aromatic N) is 1. The molecule has 4 aromatic rings. The van der Waals surface area contributed by atoms with Gasteiger partial charge in [0.2, 0.25) is 0 Å². The summed E-state index contributed by atoms with van der Waals surface area (Å²) in [5.74, 6) is 0.159. The molecule has 2 heterocycles. The first-order valence-electron chi connectivity index (χ1n) is 7.65. The van der Waals surface area contributed by atoms with Gasteiger partial charge in [-0.25, -0.2) is 0 Å². The molecule has 0 aliphatic rings. The highest BCUT2D eigenvalue weighted by atomic mass is 32.1. The minimum absolute atomic E-state index is 0.0712. The average molecular weight is 333 g/mol. The van der Waals surface area contributed by atoms with E-state index >= 15 is 0 Å². The van der Waals surface area contributed by atoms with Gasteiger partial charge in [-0.1, -0.05) is 30.3 Å². The minimum atomic E-state index is -0.0712. The van der Waals surface area contributed by atoms with Crippen molar-refractivity contribution in [3.63, 3.8) is 0 Å². The smallest absolute Gasteiger partial charge is 0.251 e. The van der Waals surface area contributed by atoms with Gasteiger partial charge in [0.25, 0.3) is 5.56 Å². The molecule has 0 radical (unpaired) electrons. The van der Waals surface area contributed by atoms with Crippen molar-refractivity contribution in [3.8, 4) is 16.9 Å². The average Bonchev–Trinajstić information content (AvgIpc) is 3.12. The largest absolute Gasteiger partial charge is 0.508 e. The number of phenolic OH excluding ortho intramolecular Hbond substituents is 1. The summed E-state index contributed by atoms with van der Waals surface area (Å²) in [6, 6.07) is 18.7. The van der Waals surface area contributed by atoms with Crippen LogP contribution in [0.4, 0.5) is 0 Å². The minimum Gasteiger partial charge on any atom is -0.508 e. The van der Waals surface area contributed by atoms with E-state index in [0.29, 0.717) is 6.54 Å². The first-order valence-corrected chi connectivity index (χ1v) is 8.60. The van der Waals surface area contributed by atoms with Crippen molar-refractivity contribution in [1.29, 1.82) is 0 Å². The Bertz CT molecular complexity index is 1050. The lowest BCUT2D eigenvalue weighted by Gasteiger charge is -2.14. The summed E-state index contributed by atoms with van der Waals surface area (Å²) in [6.45, 7) is 0.476. The Balaban J connectivity index is 1.98. The van der Waals surface area contributed by atoms with E-state index in [2.05, 4.69) is 0 Å². The number of benzene rings is 2. The maximum atomic E-state index is 12.7. The fraction of sp³-hybridized carbons (Fsp3) is 0.0500. The number of aromatic hydroxyl groups is 1. The summed E-state index contributed by atoms with van der Waals surface area (Å²) in [7, 11) is 0. The Labute approximate surface area is 143 Å². The van der Waals surface area contributed by atoms with E-state index in [-0.39, 0.29) is 11.3 Å². The highest BCUT2D eigenvalue weighted by Crippen LogP contribution is 2.30. The van der Waals surface area contributed by atoms with Crippen molar-refractivity contribution >= 4 is 22.2 Å². The van der Waals surface area contributed by atoms with E-state index in [1.165, 1.54) is 0 Å². The summed E-state index contributed by atoms with van der Waals surface area (Å²) >= 11 is 1.60. The van der Waals surface area contributed by atoms with Gasteiger partial charge in [0.1, 0.15) is 5.75 Å². The number of pyridine rings is 1. The van der Waals surface area contributed by atoms with Crippen molar-refractivity contribution in [1.82, 2.24) is 4.57 Å². The first-order chi connectivity index (χ1) is 11.7. The quantitative estimate of drug-likeness (QED) is 0.600. The molecule has 4 heteroatoms. The summed E-state index contributed by atoms with van der Waals surface area (Å²) in [4.78, 5) is 12.7. The Morgan fingerprint density at radius 3 is 2.58 bits per heavy atom. The van der Waals surface area contributed by atoms with Crippen LogP contribution in [0.2, 0.25) is 0 Å². The first kappa shape index (κ1) is 14.7. The van der Waals surface area contributed by atoms with Gasteiger partial charge in [0, 0.05) is 17.5 Å². The molecule has 3 nitrogen and oxygen atoms in total. The van der Waals surface area contributed by atoms with Crippen molar-refractivity contribution in [2.45, 2.75) is 6.54 Å². The fourth-order valence-electron chi connectivity index (χ4n) is 2.95. The molecule has 24 heavy (non-hydrogen) atoms. The molecule has 0 fully saturated rings. The Kier molecular flexibility index (Phi) is 3.67. The van der Waals surface area contributed by atoms with E-state index in [0.717, 1.165) is 27.6 Å². The molecule has 1 N–H and O–H groups in total. The molecule has 2 aromatic heterocycles. The number of hydrogen-bond donors (Lipinski definition) is 1. The van der Waals surface area contributed by atoms with Gasteiger partial charge in [-0.05, 0) is 45.6 Å². The monoisotopic (exact) mass is 333 g/mol. The maximum absolute atomic E-state index is 12.7. The van der Waals surface area contributed by atoms with Crippen LogP contribution in [-0.4, -0.2) is 9.67 Å². The van der Waals surface area contributed by atoms with E-state index in [1.54, 1.807) is 34.1 Å². The van der Waals surface area contributed by atoms with Crippen LogP contribution in [0.1, 0.15) is 5.56 Å². The van der Waals surface area contributed by atoms with Crippen LogP contribution in [-0.2, 0) is 6.54 Å². The van der Waals surface area contributed by atoms with Gasteiger partial charge < -0.3 is 9.67 Å². The number of hydrogen-bond acceptors (Lipinski definition) is 3. The topological polar surface area (TPSA) is 42.2 Å². The molecule has 0 aliphatic heterocycles. The molecule has 0 amide bonds. The lowest BCUT2D eigenvalue weighted by atomic mass is 10.0. The molecule has 0 saturated heterocycles. The molecule has 118 valence electrons. The van der Waals surface area contributed by atoms with Crippen molar-refractivity contribution in [3.05, 3.63) is 87.3 Å². The maximum Gasteiger partial charge on any atom is 0.251 e. The van der Waals surface area contributed by atoms with Gasteiger partial charge in [0.05, 0.1) is 12.1 Å². The Morgan fingerprint density at radius 1 is 1.00 bits per heavy atom. The zero-order valence-corrected chi connectivity index (χ0v) is 13.7. The summed E-state index contributed by atoms with van der Waals surface area (Å²) in [5.41, 5.74) is 3.65. The molecular formula is C20H15NO2S. The molecule has 0 atom stereocenters. The van der Waals surface area contributed by atoms with E-state index in [4.69, 9.17) is 0 Å². The molecule has 0 bridgehead atoms. The van der Waals surface area contributed by atoms with Gasteiger partial charge in [-0.15, -0.1) is 0 Å². The molecule has 2 aromatic carbocycles. The predicted molar refractivity (Wildman–Crippen MR) is 98.7 cm³/mol. The third-order valence-electron chi connectivity index (χ3n) is 4.11. The van der Waals surface area contributed by atoms with Crippen LogP contribution in [0.3, 0.4) is 0 Å². The number of fused-ring (bicyclic) bond motifs is 1. The second-order valence-electron chi connectivity index (χ2n) is 5.68. The Hall–Kier alpha value is -2.85. The molecular weight excluding hydrogens is 318 g/mol. The third-order valence-corrected chi connectivity index (χ3v) is 4.80. The molecule has 0 saturated carbocycles. The van der Waals surface area contributed by atoms with Gasteiger partial charge >= 0.3 is 0 Å². The standard InChI is InChI=1S/C20H15NO2S/c22-16-6-7-17-18(15-8-9-24-13-15)11-20(23)21(19(17)10-16)12-14-4-2-1-3-5-14/h1-11,13,22H,12H2. The Morgan fingerprint density at radius 2 is 1.83 bits per heavy atom. The zero-order valence-electron chi connectivity index (χ0n) is 12.8. The highest BCUT2D eigenvalue weighted by Gasteiger charge is 2.12. The summed E-state index contributed by atoms with van der Waals surface area (Å²) in [5, 5.41) is 14.9. The third kappa shape index (κ3) is 2.61. The van der Waals surface area contributed by atoms with E-state index < -0.39 is 0 Å². The lowest BCUT2D eigenvalue weighted by Crippen LogP contribution is -2.20. The van der Waals surface area contributed by atoms with E-state index in [9.17, 15) is 9.90 Å². The number of rotatable bonds is 3. The van der Waals surface area contributed by atoms with Crippen molar-refractivity contribution in [2.24, 2.45) is 0 Å². The molecule has 4 rings (SSSR count). The number of phenols is 1. The fourth-order valence-corrected chi connectivity index (χ4v) is 3.61. The lowest BCUT2D eigenvalue weighted by molar-refractivity contribution is 0.476. The summed E-state index contributed by atoms with van der Waals surface area (Å²) < 4.78 is 1.71. The SMILES string of the molecule is O=c1cc(-c2ccsc2)c2ccc(O)cc2n1Cc1ccccc1.